The summed E-state index contributed by atoms with van der Waals surface area (Å²) in [5.41, 5.74) is 1.76. The molecule has 0 spiro atoms. The third-order valence-electron chi connectivity index (χ3n) is 3.51. The van der Waals surface area contributed by atoms with Gasteiger partial charge in [-0.2, -0.15) is 0 Å². The lowest BCUT2D eigenvalue weighted by Gasteiger charge is -2.12. The Morgan fingerprint density at radius 2 is 1.92 bits per heavy atom. The van der Waals surface area contributed by atoms with Gasteiger partial charge in [0.05, 0.1) is 5.01 Å². The Morgan fingerprint density at radius 3 is 2.60 bits per heavy atom. The first kappa shape index (κ1) is 18.9. The van der Waals surface area contributed by atoms with Crippen molar-refractivity contribution in [2.24, 2.45) is 4.99 Å². The average Bonchev–Trinajstić information content (AvgIpc) is 3.02. The molecule has 2 rings (SSSR count). The zero-order valence-corrected chi connectivity index (χ0v) is 15.7. The first-order chi connectivity index (χ1) is 12.1. The topological polar surface area (TPSA) is 78.4 Å². The van der Waals surface area contributed by atoms with Crippen molar-refractivity contribution in [3.8, 4) is 0 Å². The van der Waals surface area contributed by atoms with Crippen LogP contribution < -0.4 is 16.0 Å². The van der Waals surface area contributed by atoms with Gasteiger partial charge < -0.3 is 16.0 Å². The minimum absolute atomic E-state index is 0.0624. The summed E-state index contributed by atoms with van der Waals surface area (Å²) < 4.78 is 0. The van der Waals surface area contributed by atoms with Crippen LogP contribution in [0.3, 0.4) is 0 Å². The molecule has 0 unspecified atom stereocenters. The number of aromatic nitrogens is 1. The SMILES string of the molecule is CN=C(NCCNC(=O)c1cccc(C)c1)NCCc1ncc(C)s1. The highest BCUT2D eigenvalue weighted by molar-refractivity contribution is 7.11. The van der Waals surface area contributed by atoms with Crippen molar-refractivity contribution in [1.29, 1.82) is 0 Å². The summed E-state index contributed by atoms with van der Waals surface area (Å²) in [7, 11) is 1.73. The van der Waals surface area contributed by atoms with Gasteiger partial charge in [0.1, 0.15) is 0 Å². The standard InChI is InChI=1S/C18H25N5OS/c1-13-5-4-6-15(11-13)17(24)20-9-10-22-18(19-3)21-8-7-16-23-12-14(2)25-16/h4-6,11-12H,7-10H2,1-3H3,(H,20,24)(H2,19,21,22). The van der Waals surface area contributed by atoms with E-state index < -0.39 is 0 Å². The molecule has 3 N–H and O–H groups in total. The van der Waals surface area contributed by atoms with Gasteiger partial charge in [-0.25, -0.2) is 4.98 Å². The quantitative estimate of drug-likeness (QED) is 0.401. The predicted octanol–water partition coefficient (Wildman–Crippen LogP) is 1.90. The molecular formula is C18H25N5OS. The fraction of sp³-hybridized carbons (Fsp3) is 0.389. The molecule has 0 bridgehead atoms. The van der Waals surface area contributed by atoms with Crippen molar-refractivity contribution in [3.05, 3.63) is 51.5 Å². The van der Waals surface area contributed by atoms with Crippen LogP contribution >= 0.6 is 11.3 Å². The highest BCUT2D eigenvalue weighted by Crippen LogP contribution is 2.10. The summed E-state index contributed by atoms with van der Waals surface area (Å²) in [6.45, 7) is 5.93. The average molecular weight is 359 g/mol. The molecule has 25 heavy (non-hydrogen) atoms. The van der Waals surface area contributed by atoms with Crippen LogP contribution in [0, 0.1) is 13.8 Å². The molecule has 0 aliphatic heterocycles. The third kappa shape index (κ3) is 6.54. The molecule has 0 fully saturated rings. The highest BCUT2D eigenvalue weighted by Gasteiger charge is 2.05. The number of carbonyl (C=O) groups is 1. The highest BCUT2D eigenvalue weighted by atomic mass is 32.1. The van der Waals surface area contributed by atoms with Gasteiger partial charge in [0.15, 0.2) is 5.96 Å². The summed E-state index contributed by atoms with van der Waals surface area (Å²) in [5.74, 6) is 0.658. The summed E-state index contributed by atoms with van der Waals surface area (Å²) in [6, 6.07) is 7.55. The molecular weight excluding hydrogens is 334 g/mol. The smallest absolute Gasteiger partial charge is 0.251 e. The summed E-state index contributed by atoms with van der Waals surface area (Å²) in [4.78, 5) is 21.8. The maximum Gasteiger partial charge on any atom is 0.251 e. The molecule has 0 saturated heterocycles. The van der Waals surface area contributed by atoms with Crippen LogP contribution in [0.2, 0.25) is 0 Å². The minimum atomic E-state index is -0.0624. The van der Waals surface area contributed by atoms with E-state index in [1.807, 2.05) is 37.4 Å². The number of thiazole rings is 1. The third-order valence-corrected chi connectivity index (χ3v) is 4.48. The second-order valence-electron chi connectivity index (χ2n) is 5.67. The lowest BCUT2D eigenvalue weighted by atomic mass is 10.1. The number of carbonyl (C=O) groups excluding carboxylic acids is 1. The first-order valence-corrected chi connectivity index (χ1v) is 9.11. The Hall–Kier alpha value is -2.41. The van der Waals surface area contributed by atoms with Crippen molar-refractivity contribution in [2.45, 2.75) is 20.3 Å². The van der Waals surface area contributed by atoms with Crippen LogP contribution in [0.5, 0.6) is 0 Å². The van der Waals surface area contributed by atoms with E-state index in [0.717, 1.165) is 29.5 Å². The largest absolute Gasteiger partial charge is 0.356 e. The molecule has 7 heteroatoms. The lowest BCUT2D eigenvalue weighted by Crippen LogP contribution is -2.42. The Labute approximate surface area is 152 Å². The van der Waals surface area contributed by atoms with Crippen LogP contribution in [0.25, 0.3) is 0 Å². The van der Waals surface area contributed by atoms with Crippen LogP contribution in [0.4, 0.5) is 0 Å². The molecule has 1 aromatic heterocycles. The van der Waals surface area contributed by atoms with Gasteiger partial charge in [-0.05, 0) is 26.0 Å². The summed E-state index contributed by atoms with van der Waals surface area (Å²) in [5, 5.41) is 10.4. The van der Waals surface area contributed by atoms with Crippen molar-refractivity contribution in [1.82, 2.24) is 20.9 Å². The number of rotatable bonds is 7. The molecule has 0 saturated carbocycles. The molecule has 1 amide bonds. The van der Waals surface area contributed by atoms with E-state index in [0.29, 0.717) is 18.7 Å². The van der Waals surface area contributed by atoms with Gasteiger partial charge in [0, 0.05) is 49.7 Å². The van der Waals surface area contributed by atoms with Gasteiger partial charge in [0.25, 0.3) is 5.91 Å². The van der Waals surface area contributed by atoms with Gasteiger partial charge in [0.2, 0.25) is 0 Å². The molecule has 6 nitrogen and oxygen atoms in total. The fourth-order valence-electron chi connectivity index (χ4n) is 2.27. The van der Waals surface area contributed by atoms with Crippen molar-refractivity contribution in [2.75, 3.05) is 26.7 Å². The molecule has 134 valence electrons. The normalized spacial score (nSPS) is 11.2. The monoisotopic (exact) mass is 359 g/mol. The van der Waals surface area contributed by atoms with Crippen LogP contribution in [-0.2, 0) is 6.42 Å². The number of amides is 1. The Balaban J connectivity index is 1.64. The van der Waals surface area contributed by atoms with Crippen LogP contribution in [-0.4, -0.2) is 43.5 Å². The number of benzene rings is 1. The molecule has 0 aliphatic rings. The van der Waals surface area contributed by atoms with Crippen molar-refractivity contribution in [3.63, 3.8) is 0 Å². The first-order valence-electron chi connectivity index (χ1n) is 8.29. The Bertz CT molecular complexity index is 726. The van der Waals surface area contributed by atoms with Crippen LogP contribution in [0.15, 0.2) is 35.5 Å². The van der Waals surface area contributed by atoms with Gasteiger partial charge in [-0.15, -0.1) is 11.3 Å². The van der Waals surface area contributed by atoms with E-state index in [4.69, 9.17) is 0 Å². The number of aryl methyl sites for hydroxylation is 2. The van der Waals surface area contributed by atoms with E-state index in [1.165, 1.54) is 4.88 Å². The zero-order valence-electron chi connectivity index (χ0n) is 14.9. The van der Waals surface area contributed by atoms with Gasteiger partial charge in [-0.3, -0.25) is 9.79 Å². The van der Waals surface area contributed by atoms with E-state index >= 15 is 0 Å². The molecule has 2 aromatic rings. The fourth-order valence-corrected chi connectivity index (χ4v) is 3.06. The minimum Gasteiger partial charge on any atom is -0.356 e. The number of hydrogen-bond acceptors (Lipinski definition) is 4. The lowest BCUT2D eigenvalue weighted by molar-refractivity contribution is 0.0954. The van der Waals surface area contributed by atoms with E-state index in [1.54, 1.807) is 18.4 Å². The molecule has 0 aliphatic carbocycles. The Morgan fingerprint density at radius 1 is 1.16 bits per heavy atom. The number of nitrogens with zero attached hydrogens (tertiary/aromatic N) is 2. The second-order valence-corrected chi connectivity index (χ2v) is 6.99. The van der Waals surface area contributed by atoms with E-state index in [9.17, 15) is 4.79 Å². The van der Waals surface area contributed by atoms with Gasteiger partial charge >= 0.3 is 0 Å². The molecule has 1 aromatic carbocycles. The number of guanidine groups is 1. The van der Waals surface area contributed by atoms with Crippen molar-refractivity contribution < 1.29 is 4.79 Å². The maximum absolute atomic E-state index is 12.1. The summed E-state index contributed by atoms with van der Waals surface area (Å²) in [6.07, 6.45) is 2.76. The number of aliphatic imine (C=N–C) groups is 1. The zero-order chi connectivity index (χ0) is 18.1. The van der Waals surface area contributed by atoms with Gasteiger partial charge in [-0.1, -0.05) is 17.7 Å². The Kier molecular flexibility index (Phi) is 7.40. The number of nitrogens with one attached hydrogen (secondary N) is 3. The predicted molar refractivity (Wildman–Crippen MR) is 103 cm³/mol. The molecule has 1 heterocycles. The van der Waals surface area contributed by atoms with E-state index in [-0.39, 0.29) is 5.91 Å². The molecule has 0 atom stereocenters. The molecule has 0 radical (unpaired) electrons. The van der Waals surface area contributed by atoms with Crippen molar-refractivity contribution >= 4 is 23.2 Å². The summed E-state index contributed by atoms with van der Waals surface area (Å²) >= 11 is 1.71. The maximum atomic E-state index is 12.1. The van der Waals surface area contributed by atoms with Crippen LogP contribution in [0.1, 0.15) is 25.8 Å². The second kappa shape index (κ2) is 9.78. The van der Waals surface area contributed by atoms with E-state index in [2.05, 4.69) is 32.9 Å². The number of hydrogen-bond donors (Lipinski definition) is 3.